The quantitative estimate of drug-likeness (QED) is 0.569. The lowest BCUT2D eigenvalue weighted by Crippen LogP contribution is -1.95. The average Bonchev–Trinajstić information content (AvgIpc) is 2.15. The third-order valence-electron chi connectivity index (χ3n) is 2.06. The lowest BCUT2D eigenvalue weighted by Gasteiger charge is -2.07. The van der Waals surface area contributed by atoms with Crippen LogP contribution in [0.5, 0.6) is 5.75 Å². The fraction of sp³-hybridized carbons (Fsp3) is 0.455. The largest absolute Gasteiger partial charge is 0.340 e. The first-order valence-electron chi connectivity index (χ1n) is 4.63. The van der Waals surface area contributed by atoms with Crippen LogP contribution in [0.25, 0.3) is 0 Å². The van der Waals surface area contributed by atoms with Gasteiger partial charge in [0.15, 0.2) is 5.75 Å². The summed E-state index contributed by atoms with van der Waals surface area (Å²) in [7, 11) is 0. The molecule has 0 unspecified atom stereocenters. The lowest BCUT2D eigenvalue weighted by molar-refractivity contribution is -0.138. The van der Waals surface area contributed by atoms with Crippen LogP contribution in [0.2, 0.25) is 0 Å². The zero-order valence-corrected chi connectivity index (χ0v) is 8.16. The molecule has 0 bridgehead atoms. The monoisotopic (exact) mass is 180 g/mol. The van der Waals surface area contributed by atoms with Gasteiger partial charge in [0, 0.05) is 0 Å². The normalized spacial score (nSPS) is 10.5. The summed E-state index contributed by atoms with van der Waals surface area (Å²) in [6, 6.07) is 7.56. The first-order chi connectivity index (χ1) is 6.24. The Labute approximate surface area is 79.1 Å². The van der Waals surface area contributed by atoms with E-state index in [4.69, 9.17) is 5.26 Å². The van der Waals surface area contributed by atoms with Crippen LogP contribution in [0.3, 0.4) is 0 Å². The first-order valence-corrected chi connectivity index (χ1v) is 4.63. The Morgan fingerprint density at radius 2 is 2.00 bits per heavy atom. The van der Waals surface area contributed by atoms with E-state index < -0.39 is 0 Å². The number of aryl methyl sites for hydroxylation is 1. The van der Waals surface area contributed by atoms with Gasteiger partial charge in [-0.05, 0) is 30.4 Å². The van der Waals surface area contributed by atoms with Gasteiger partial charge in [0.1, 0.15) is 0 Å². The third-order valence-corrected chi connectivity index (χ3v) is 2.06. The van der Waals surface area contributed by atoms with Gasteiger partial charge in [0.2, 0.25) is 0 Å². The van der Waals surface area contributed by atoms with Gasteiger partial charge in [-0.25, -0.2) is 5.26 Å². The summed E-state index contributed by atoms with van der Waals surface area (Å²) >= 11 is 0. The predicted octanol–water partition coefficient (Wildman–Crippen LogP) is 3.13. The Hall–Kier alpha value is -1.02. The minimum absolute atomic E-state index is 0.572. The molecule has 0 aliphatic heterocycles. The molecule has 0 saturated heterocycles. The van der Waals surface area contributed by atoms with Gasteiger partial charge >= 0.3 is 0 Å². The maximum Gasteiger partial charge on any atom is 0.168 e. The average molecular weight is 180 g/mol. The predicted molar refractivity (Wildman–Crippen MR) is 52.9 cm³/mol. The fourth-order valence-corrected chi connectivity index (χ4v) is 1.24. The number of hydrogen-bond donors (Lipinski definition) is 1. The van der Waals surface area contributed by atoms with Crippen LogP contribution in [0.4, 0.5) is 0 Å². The molecular formula is C11H16O2. The molecule has 0 saturated carbocycles. The minimum Gasteiger partial charge on any atom is -0.340 e. The van der Waals surface area contributed by atoms with Crippen molar-refractivity contribution in [1.29, 1.82) is 0 Å². The second kappa shape index (κ2) is 4.87. The molecule has 0 spiro atoms. The van der Waals surface area contributed by atoms with Crippen LogP contribution in [-0.2, 0) is 6.42 Å². The first kappa shape index (κ1) is 10.1. The zero-order chi connectivity index (χ0) is 9.68. The van der Waals surface area contributed by atoms with Crippen LogP contribution < -0.4 is 4.89 Å². The molecule has 1 N–H and O–H groups in total. The highest BCUT2D eigenvalue weighted by Crippen LogP contribution is 2.20. The summed E-state index contributed by atoms with van der Waals surface area (Å²) in [4.78, 5) is 4.28. The van der Waals surface area contributed by atoms with Crippen LogP contribution in [0, 0.1) is 5.92 Å². The summed E-state index contributed by atoms with van der Waals surface area (Å²) in [6.07, 6.45) is 2.06. The maximum atomic E-state index is 8.58. The number of rotatable bonds is 4. The van der Waals surface area contributed by atoms with Gasteiger partial charge in [0.25, 0.3) is 0 Å². The maximum absolute atomic E-state index is 8.58. The standard InChI is InChI=1S/C11H16O2/c1-9(2)7-8-10-5-3-4-6-11(10)13-12/h3-6,9,12H,7-8H2,1-2H3. The molecule has 0 heterocycles. The van der Waals surface area contributed by atoms with Crippen LogP contribution in [-0.4, -0.2) is 5.26 Å². The summed E-state index contributed by atoms with van der Waals surface area (Å²) in [5.74, 6) is 1.25. The van der Waals surface area contributed by atoms with Crippen molar-refractivity contribution in [2.45, 2.75) is 26.7 Å². The SMILES string of the molecule is CC(C)CCc1ccccc1OO. The Morgan fingerprint density at radius 3 is 2.62 bits per heavy atom. The second-order valence-corrected chi connectivity index (χ2v) is 3.63. The van der Waals surface area contributed by atoms with Crippen molar-refractivity contribution in [3.63, 3.8) is 0 Å². The Balaban J connectivity index is 2.64. The molecule has 1 aromatic carbocycles. The highest BCUT2D eigenvalue weighted by molar-refractivity contribution is 5.32. The second-order valence-electron chi connectivity index (χ2n) is 3.63. The molecule has 2 nitrogen and oxygen atoms in total. The summed E-state index contributed by atoms with van der Waals surface area (Å²) in [5.41, 5.74) is 1.07. The molecule has 2 heteroatoms. The topological polar surface area (TPSA) is 29.5 Å². The van der Waals surface area contributed by atoms with E-state index in [1.54, 1.807) is 6.07 Å². The molecule has 72 valence electrons. The summed E-state index contributed by atoms with van der Waals surface area (Å²) < 4.78 is 0. The Kier molecular flexibility index (Phi) is 3.77. The molecule has 13 heavy (non-hydrogen) atoms. The molecule has 0 aliphatic carbocycles. The Morgan fingerprint density at radius 1 is 1.31 bits per heavy atom. The van der Waals surface area contributed by atoms with Crippen molar-refractivity contribution in [3.05, 3.63) is 29.8 Å². The fourth-order valence-electron chi connectivity index (χ4n) is 1.24. The van der Waals surface area contributed by atoms with E-state index in [1.807, 2.05) is 18.2 Å². The molecular weight excluding hydrogens is 164 g/mol. The molecule has 0 aliphatic rings. The number of benzene rings is 1. The Bertz CT molecular complexity index is 256. The van der Waals surface area contributed by atoms with Gasteiger partial charge in [-0.2, -0.15) is 0 Å². The smallest absolute Gasteiger partial charge is 0.168 e. The van der Waals surface area contributed by atoms with Gasteiger partial charge in [-0.3, -0.25) is 0 Å². The number of hydrogen-bond acceptors (Lipinski definition) is 2. The van der Waals surface area contributed by atoms with E-state index in [1.165, 1.54) is 0 Å². The van der Waals surface area contributed by atoms with Crippen molar-refractivity contribution in [2.24, 2.45) is 5.92 Å². The van der Waals surface area contributed by atoms with Gasteiger partial charge < -0.3 is 4.89 Å². The highest BCUT2D eigenvalue weighted by Gasteiger charge is 2.03. The van der Waals surface area contributed by atoms with Gasteiger partial charge in [0.05, 0.1) is 0 Å². The van der Waals surface area contributed by atoms with Crippen molar-refractivity contribution < 1.29 is 10.1 Å². The van der Waals surface area contributed by atoms with Crippen LogP contribution >= 0.6 is 0 Å². The molecule has 1 rings (SSSR count). The van der Waals surface area contributed by atoms with Crippen molar-refractivity contribution in [3.8, 4) is 5.75 Å². The van der Waals surface area contributed by atoms with Crippen molar-refractivity contribution >= 4 is 0 Å². The zero-order valence-electron chi connectivity index (χ0n) is 8.16. The van der Waals surface area contributed by atoms with Crippen molar-refractivity contribution in [1.82, 2.24) is 0 Å². The van der Waals surface area contributed by atoms with E-state index in [2.05, 4.69) is 18.7 Å². The van der Waals surface area contributed by atoms with E-state index >= 15 is 0 Å². The molecule has 1 aromatic rings. The van der Waals surface area contributed by atoms with E-state index in [9.17, 15) is 0 Å². The highest BCUT2D eigenvalue weighted by atomic mass is 17.1. The van der Waals surface area contributed by atoms with Crippen molar-refractivity contribution in [2.75, 3.05) is 0 Å². The lowest BCUT2D eigenvalue weighted by atomic mass is 10.0. The van der Waals surface area contributed by atoms with Gasteiger partial charge in [-0.1, -0.05) is 32.0 Å². The van der Waals surface area contributed by atoms with E-state index in [0.717, 1.165) is 18.4 Å². The van der Waals surface area contributed by atoms with Crippen LogP contribution in [0.15, 0.2) is 24.3 Å². The van der Waals surface area contributed by atoms with E-state index in [-0.39, 0.29) is 0 Å². The van der Waals surface area contributed by atoms with Gasteiger partial charge in [-0.15, -0.1) is 0 Å². The molecule has 0 amide bonds. The molecule has 0 atom stereocenters. The third kappa shape index (κ3) is 3.07. The number of para-hydroxylation sites is 1. The molecule has 0 fully saturated rings. The summed E-state index contributed by atoms with van der Waals surface area (Å²) in [5, 5.41) is 8.58. The summed E-state index contributed by atoms with van der Waals surface area (Å²) in [6.45, 7) is 4.37. The molecule has 0 radical (unpaired) electrons. The minimum atomic E-state index is 0.572. The van der Waals surface area contributed by atoms with Crippen LogP contribution in [0.1, 0.15) is 25.8 Å². The molecule has 0 aromatic heterocycles. The van der Waals surface area contributed by atoms with E-state index in [0.29, 0.717) is 11.7 Å².